The van der Waals surface area contributed by atoms with Crippen LogP contribution in [0.3, 0.4) is 0 Å². The van der Waals surface area contributed by atoms with E-state index in [9.17, 15) is 8.42 Å². The van der Waals surface area contributed by atoms with E-state index in [2.05, 4.69) is 4.98 Å². The maximum absolute atomic E-state index is 11.7. The van der Waals surface area contributed by atoms with Gasteiger partial charge in [0.1, 0.15) is 0 Å². The van der Waals surface area contributed by atoms with Crippen LogP contribution in [0.5, 0.6) is 0 Å². The summed E-state index contributed by atoms with van der Waals surface area (Å²) in [6.07, 6.45) is 1.62. The average Bonchev–Trinajstić information content (AvgIpc) is 2.30. The van der Waals surface area contributed by atoms with Crippen LogP contribution in [-0.4, -0.2) is 41.7 Å². The number of aliphatic hydroxyl groups excluding tert-OH is 1. The molecule has 0 bridgehead atoms. The van der Waals surface area contributed by atoms with Crippen LogP contribution in [0, 0.1) is 0 Å². The summed E-state index contributed by atoms with van der Waals surface area (Å²) in [7, 11) is -3.29. The molecule has 1 heterocycles. The van der Waals surface area contributed by atoms with Crippen molar-refractivity contribution in [2.75, 3.05) is 18.9 Å². The van der Waals surface area contributed by atoms with Crippen LogP contribution in [0.25, 0.3) is 0 Å². The Morgan fingerprint density at radius 2 is 2.19 bits per heavy atom. The van der Waals surface area contributed by atoms with Gasteiger partial charge in [-0.1, -0.05) is 6.07 Å². The molecule has 0 spiro atoms. The van der Waals surface area contributed by atoms with Crippen molar-refractivity contribution in [3.05, 3.63) is 30.1 Å². The predicted octanol–water partition coefficient (Wildman–Crippen LogP) is 0.226. The molecule has 1 aromatic heterocycles. The second-order valence-corrected chi connectivity index (χ2v) is 5.54. The summed E-state index contributed by atoms with van der Waals surface area (Å²) in [6.45, 7) is 1.70. The summed E-state index contributed by atoms with van der Waals surface area (Å²) in [6, 6.07) is 5.34. The molecule has 0 amide bonds. The Bertz CT molecular complexity index is 405. The monoisotopic (exact) mass is 244 g/mol. The Balaban J connectivity index is 2.81. The number of aliphatic hydroxyl groups is 1. The standard InChI is InChI=1S/C10H16N2O3S/c1-2-16(14,15)12(7-8-13)9-10-5-3-4-6-11-10/h3-6,13H,2,7-9H2,1H3. The number of pyridine rings is 1. The van der Waals surface area contributed by atoms with Crippen LogP contribution in [0.4, 0.5) is 0 Å². The minimum absolute atomic E-state index is 0.0276. The van der Waals surface area contributed by atoms with Gasteiger partial charge in [-0.15, -0.1) is 0 Å². The Morgan fingerprint density at radius 3 is 2.69 bits per heavy atom. The minimum atomic E-state index is -3.29. The summed E-state index contributed by atoms with van der Waals surface area (Å²) < 4.78 is 24.6. The third-order valence-electron chi connectivity index (χ3n) is 2.17. The van der Waals surface area contributed by atoms with Crippen molar-refractivity contribution in [2.24, 2.45) is 0 Å². The Kier molecular flexibility index (Phi) is 4.85. The molecule has 1 N–H and O–H groups in total. The number of rotatable bonds is 6. The fraction of sp³-hybridized carbons (Fsp3) is 0.500. The summed E-state index contributed by atoms with van der Waals surface area (Å²) in [5, 5.41) is 8.85. The second-order valence-electron chi connectivity index (χ2n) is 3.28. The molecule has 5 nitrogen and oxygen atoms in total. The first-order valence-electron chi connectivity index (χ1n) is 5.08. The number of hydrogen-bond donors (Lipinski definition) is 1. The van der Waals surface area contributed by atoms with E-state index >= 15 is 0 Å². The van der Waals surface area contributed by atoms with Gasteiger partial charge in [-0.3, -0.25) is 4.98 Å². The maximum atomic E-state index is 11.7. The summed E-state index contributed by atoms with van der Waals surface area (Å²) in [5.41, 5.74) is 0.674. The Morgan fingerprint density at radius 1 is 1.44 bits per heavy atom. The zero-order valence-electron chi connectivity index (χ0n) is 9.20. The van der Waals surface area contributed by atoms with Gasteiger partial charge in [0, 0.05) is 12.7 Å². The Hall–Kier alpha value is -0.980. The lowest BCUT2D eigenvalue weighted by molar-refractivity contribution is 0.250. The molecule has 0 aliphatic rings. The molecule has 0 aromatic carbocycles. The molecule has 0 fully saturated rings. The molecule has 0 atom stereocenters. The first kappa shape index (κ1) is 13.1. The lowest BCUT2D eigenvalue weighted by atomic mass is 10.3. The number of aromatic nitrogens is 1. The highest BCUT2D eigenvalue weighted by Gasteiger charge is 2.19. The summed E-state index contributed by atoms with van der Waals surface area (Å²) >= 11 is 0. The molecule has 0 aliphatic carbocycles. The molecule has 0 saturated heterocycles. The van der Waals surface area contributed by atoms with Gasteiger partial charge in [0.25, 0.3) is 0 Å². The largest absolute Gasteiger partial charge is 0.395 e. The van der Waals surface area contributed by atoms with Crippen LogP contribution in [-0.2, 0) is 16.6 Å². The van der Waals surface area contributed by atoms with Gasteiger partial charge < -0.3 is 5.11 Å². The Labute approximate surface area is 95.8 Å². The number of nitrogens with zero attached hydrogens (tertiary/aromatic N) is 2. The molecule has 0 unspecified atom stereocenters. The van der Waals surface area contributed by atoms with E-state index in [1.165, 1.54) is 4.31 Å². The molecule has 0 saturated carbocycles. The average molecular weight is 244 g/mol. The van der Waals surface area contributed by atoms with E-state index in [-0.39, 0.29) is 25.4 Å². The van der Waals surface area contributed by atoms with Crippen molar-refractivity contribution < 1.29 is 13.5 Å². The maximum Gasteiger partial charge on any atom is 0.214 e. The molecule has 16 heavy (non-hydrogen) atoms. The van der Waals surface area contributed by atoms with Crippen molar-refractivity contribution in [3.63, 3.8) is 0 Å². The normalized spacial score (nSPS) is 11.9. The van der Waals surface area contributed by atoms with Gasteiger partial charge in [-0.2, -0.15) is 4.31 Å². The predicted molar refractivity (Wildman–Crippen MR) is 61.2 cm³/mol. The summed E-state index contributed by atoms with van der Waals surface area (Å²) in [5.74, 6) is 0.0276. The lowest BCUT2D eigenvalue weighted by Crippen LogP contribution is -2.34. The number of hydrogen-bond acceptors (Lipinski definition) is 4. The van der Waals surface area contributed by atoms with Gasteiger partial charge in [0.15, 0.2) is 0 Å². The van der Waals surface area contributed by atoms with E-state index in [1.807, 2.05) is 0 Å². The topological polar surface area (TPSA) is 70.5 Å². The van der Waals surface area contributed by atoms with Crippen LogP contribution >= 0.6 is 0 Å². The molecule has 0 aliphatic heterocycles. The molecule has 1 rings (SSSR count). The highest BCUT2D eigenvalue weighted by molar-refractivity contribution is 7.89. The first-order valence-corrected chi connectivity index (χ1v) is 6.69. The summed E-state index contributed by atoms with van der Waals surface area (Å²) in [4.78, 5) is 4.06. The van der Waals surface area contributed by atoms with E-state index in [0.717, 1.165) is 0 Å². The van der Waals surface area contributed by atoms with E-state index in [1.54, 1.807) is 31.3 Å². The third kappa shape index (κ3) is 3.55. The molecule has 1 aromatic rings. The minimum Gasteiger partial charge on any atom is -0.395 e. The molecular formula is C10H16N2O3S. The zero-order valence-corrected chi connectivity index (χ0v) is 10.0. The molecule has 0 radical (unpaired) electrons. The highest BCUT2D eigenvalue weighted by Crippen LogP contribution is 2.07. The van der Waals surface area contributed by atoms with Crippen LogP contribution in [0.15, 0.2) is 24.4 Å². The van der Waals surface area contributed by atoms with E-state index < -0.39 is 10.0 Å². The first-order chi connectivity index (χ1) is 7.60. The lowest BCUT2D eigenvalue weighted by Gasteiger charge is -2.19. The number of sulfonamides is 1. The van der Waals surface area contributed by atoms with Crippen molar-refractivity contribution >= 4 is 10.0 Å². The van der Waals surface area contributed by atoms with Crippen molar-refractivity contribution in [3.8, 4) is 0 Å². The smallest absolute Gasteiger partial charge is 0.214 e. The van der Waals surface area contributed by atoms with Crippen molar-refractivity contribution in [2.45, 2.75) is 13.5 Å². The fourth-order valence-corrected chi connectivity index (χ4v) is 2.34. The SMILES string of the molecule is CCS(=O)(=O)N(CCO)Cc1ccccn1. The van der Waals surface area contributed by atoms with Crippen molar-refractivity contribution in [1.82, 2.24) is 9.29 Å². The molecular weight excluding hydrogens is 228 g/mol. The fourth-order valence-electron chi connectivity index (χ4n) is 1.28. The van der Waals surface area contributed by atoms with Gasteiger partial charge >= 0.3 is 0 Å². The van der Waals surface area contributed by atoms with Gasteiger partial charge in [-0.25, -0.2) is 8.42 Å². The van der Waals surface area contributed by atoms with E-state index in [4.69, 9.17) is 5.11 Å². The quantitative estimate of drug-likeness (QED) is 0.777. The molecule has 90 valence electrons. The van der Waals surface area contributed by atoms with Crippen LogP contribution in [0.1, 0.15) is 12.6 Å². The second kappa shape index (κ2) is 5.93. The van der Waals surface area contributed by atoms with Crippen LogP contribution in [0.2, 0.25) is 0 Å². The zero-order chi connectivity index (χ0) is 12.0. The van der Waals surface area contributed by atoms with Crippen LogP contribution < -0.4 is 0 Å². The van der Waals surface area contributed by atoms with E-state index in [0.29, 0.717) is 5.69 Å². The van der Waals surface area contributed by atoms with Gasteiger partial charge in [0.05, 0.1) is 24.6 Å². The van der Waals surface area contributed by atoms with Gasteiger partial charge in [0.2, 0.25) is 10.0 Å². The van der Waals surface area contributed by atoms with Crippen molar-refractivity contribution in [1.29, 1.82) is 0 Å². The highest BCUT2D eigenvalue weighted by atomic mass is 32.2. The molecule has 6 heteroatoms. The third-order valence-corrected chi connectivity index (χ3v) is 4.00. The van der Waals surface area contributed by atoms with Gasteiger partial charge in [-0.05, 0) is 19.1 Å².